The van der Waals surface area contributed by atoms with Crippen molar-refractivity contribution >= 4 is 28.7 Å². The van der Waals surface area contributed by atoms with Crippen molar-refractivity contribution in [2.45, 2.75) is 19.3 Å². The molecule has 0 aliphatic carbocycles. The Hall–Kier alpha value is -2.66. The Bertz CT molecular complexity index is 902. The van der Waals surface area contributed by atoms with Crippen LogP contribution in [0.2, 0.25) is 0 Å². The molecule has 0 unspecified atom stereocenters. The molecule has 2 aromatic rings. The summed E-state index contributed by atoms with van der Waals surface area (Å²) in [5.41, 5.74) is 1.01. The summed E-state index contributed by atoms with van der Waals surface area (Å²) in [5.74, 6) is 0.144. The van der Waals surface area contributed by atoms with Crippen LogP contribution in [0.4, 0.5) is 0 Å². The molecule has 2 aliphatic rings. The van der Waals surface area contributed by atoms with Crippen LogP contribution >= 0.6 is 0 Å². The molecule has 0 aromatic heterocycles. The van der Waals surface area contributed by atoms with Crippen molar-refractivity contribution in [2.75, 3.05) is 45.8 Å². The normalized spacial score (nSPS) is 18.7. The van der Waals surface area contributed by atoms with E-state index in [1.54, 1.807) is 11.0 Å². The van der Waals surface area contributed by atoms with Crippen molar-refractivity contribution in [1.82, 2.24) is 14.7 Å². The molecule has 4 rings (SSSR count). The lowest BCUT2D eigenvalue weighted by molar-refractivity contribution is -0.130. The standard InChI is InChI=1S/C24H29N3O2/c28-23(10-8-20-7-9-21-5-1-2-6-22(21)19-20)26-14-11-24(29)27(18-17-26)16-15-25-12-3-4-13-25/h1-2,5-10,19H,3-4,11-18H2. The van der Waals surface area contributed by atoms with E-state index in [1.807, 2.05) is 29.2 Å². The third kappa shape index (κ3) is 5.04. The first kappa shape index (κ1) is 19.6. The van der Waals surface area contributed by atoms with E-state index >= 15 is 0 Å². The molecule has 152 valence electrons. The van der Waals surface area contributed by atoms with Gasteiger partial charge in [0.2, 0.25) is 11.8 Å². The summed E-state index contributed by atoms with van der Waals surface area (Å²) in [6, 6.07) is 14.4. The SMILES string of the molecule is O=C(C=Cc1ccc2ccccc2c1)N1CCC(=O)N(CCN2CCCC2)CC1. The van der Waals surface area contributed by atoms with Crippen molar-refractivity contribution in [3.8, 4) is 0 Å². The highest BCUT2D eigenvalue weighted by Crippen LogP contribution is 2.17. The van der Waals surface area contributed by atoms with Crippen LogP contribution in [0, 0.1) is 0 Å². The highest BCUT2D eigenvalue weighted by molar-refractivity contribution is 5.93. The zero-order valence-corrected chi connectivity index (χ0v) is 16.9. The number of hydrogen-bond acceptors (Lipinski definition) is 3. The quantitative estimate of drug-likeness (QED) is 0.736. The van der Waals surface area contributed by atoms with Crippen LogP contribution in [0.25, 0.3) is 16.8 Å². The number of hydrogen-bond donors (Lipinski definition) is 0. The molecule has 5 nitrogen and oxygen atoms in total. The summed E-state index contributed by atoms with van der Waals surface area (Å²) in [7, 11) is 0. The van der Waals surface area contributed by atoms with E-state index in [0.29, 0.717) is 26.1 Å². The van der Waals surface area contributed by atoms with Gasteiger partial charge in [-0.1, -0.05) is 36.4 Å². The molecule has 2 amide bonds. The zero-order chi connectivity index (χ0) is 20.1. The highest BCUT2D eigenvalue weighted by Gasteiger charge is 2.23. The van der Waals surface area contributed by atoms with E-state index in [9.17, 15) is 9.59 Å². The Morgan fingerprint density at radius 1 is 0.897 bits per heavy atom. The fourth-order valence-corrected chi connectivity index (χ4v) is 4.18. The third-order valence-corrected chi connectivity index (χ3v) is 5.98. The van der Waals surface area contributed by atoms with Crippen LogP contribution in [0.5, 0.6) is 0 Å². The Labute approximate surface area is 172 Å². The molecule has 0 bridgehead atoms. The van der Waals surface area contributed by atoms with Gasteiger partial charge in [0.1, 0.15) is 0 Å². The lowest BCUT2D eigenvalue weighted by Crippen LogP contribution is -2.39. The van der Waals surface area contributed by atoms with Gasteiger partial charge in [-0.05, 0) is 54.4 Å². The van der Waals surface area contributed by atoms with Gasteiger partial charge < -0.3 is 14.7 Å². The molecule has 2 heterocycles. The summed E-state index contributed by atoms with van der Waals surface area (Å²) in [4.78, 5) is 31.3. The largest absolute Gasteiger partial charge is 0.340 e. The Kier molecular flexibility index (Phi) is 6.25. The van der Waals surface area contributed by atoms with E-state index < -0.39 is 0 Å². The molecule has 2 aromatic carbocycles. The topological polar surface area (TPSA) is 43.9 Å². The maximum absolute atomic E-state index is 12.7. The van der Waals surface area contributed by atoms with E-state index in [4.69, 9.17) is 0 Å². The number of nitrogens with zero attached hydrogens (tertiary/aromatic N) is 3. The minimum absolute atomic E-state index is 0.0210. The van der Waals surface area contributed by atoms with E-state index in [0.717, 1.165) is 37.1 Å². The fourth-order valence-electron chi connectivity index (χ4n) is 4.18. The molecule has 29 heavy (non-hydrogen) atoms. The van der Waals surface area contributed by atoms with Crippen LogP contribution in [0.15, 0.2) is 48.5 Å². The number of fused-ring (bicyclic) bond motifs is 1. The van der Waals surface area contributed by atoms with Crippen molar-refractivity contribution in [3.63, 3.8) is 0 Å². The number of carbonyl (C=O) groups excluding carboxylic acids is 2. The van der Waals surface area contributed by atoms with Gasteiger partial charge in [-0.3, -0.25) is 9.59 Å². The number of carbonyl (C=O) groups is 2. The van der Waals surface area contributed by atoms with Gasteiger partial charge in [-0.2, -0.15) is 0 Å². The average molecular weight is 392 g/mol. The fraction of sp³-hybridized carbons (Fsp3) is 0.417. The second kappa shape index (κ2) is 9.23. The number of likely N-dealkylation sites (tertiary alicyclic amines) is 1. The number of amides is 2. The van der Waals surface area contributed by atoms with Crippen LogP contribution in [-0.2, 0) is 9.59 Å². The Morgan fingerprint density at radius 3 is 2.52 bits per heavy atom. The van der Waals surface area contributed by atoms with Crippen molar-refractivity contribution in [3.05, 3.63) is 54.1 Å². The zero-order valence-electron chi connectivity index (χ0n) is 16.9. The van der Waals surface area contributed by atoms with Gasteiger partial charge >= 0.3 is 0 Å². The van der Waals surface area contributed by atoms with Gasteiger partial charge in [-0.25, -0.2) is 0 Å². The van der Waals surface area contributed by atoms with Gasteiger partial charge in [0.15, 0.2) is 0 Å². The molecule has 2 aliphatic heterocycles. The summed E-state index contributed by atoms with van der Waals surface area (Å²) in [6.07, 6.45) is 6.44. The molecule has 5 heteroatoms. The molecular weight excluding hydrogens is 362 g/mol. The third-order valence-electron chi connectivity index (χ3n) is 5.98. The van der Waals surface area contributed by atoms with E-state index in [-0.39, 0.29) is 11.8 Å². The number of benzene rings is 2. The second-order valence-electron chi connectivity index (χ2n) is 7.94. The van der Waals surface area contributed by atoms with Gasteiger partial charge in [-0.15, -0.1) is 0 Å². The van der Waals surface area contributed by atoms with Crippen molar-refractivity contribution in [2.24, 2.45) is 0 Å². The lowest BCUT2D eigenvalue weighted by atomic mass is 10.1. The second-order valence-corrected chi connectivity index (χ2v) is 7.94. The Balaban J connectivity index is 1.33. The summed E-state index contributed by atoms with van der Waals surface area (Å²) in [5, 5.41) is 2.35. The first-order valence-corrected chi connectivity index (χ1v) is 10.6. The lowest BCUT2D eigenvalue weighted by Gasteiger charge is -2.24. The van der Waals surface area contributed by atoms with Crippen LogP contribution in [0.3, 0.4) is 0 Å². The molecule has 2 fully saturated rings. The smallest absolute Gasteiger partial charge is 0.246 e. The Morgan fingerprint density at radius 2 is 1.69 bits per heavy atom. The minimum Gasteiger partial charge on any atom is -0.340 e. The number of rotatable bonds is 5. The first-order chi connectivity index (χ1) is 14.2. The molecule has 2 saturated heterocycles. The molecule has 0 spiro atoms. The molecule has 0 saturated carbocycles. The summed E-state index contributed by atoms with van der Waals surface area (Å²) >= 11 is 0. The van der Waals surface area contributed by atoms with Crippen LogP contribution < -0.4 is 0 Å². The maximum atomic E-state index is 12.7. The maximum Gasteiger partial charge on any atom is 0.246 e. The summed E-state index contributed by atoms with van der Waals surface area (Å²) < 4.78 is 0. The molecular formula is C24H29N3O2. The summed E-state index contributed by atoms with van der Waals surface area (Å²) in [6.45, 7) is 5.74. The molecule has 0 N–H and O–H groups in total. The molecule has 0 radical (unpaired) electrons. The van der Waals surface area contributed by atoms with E-state index in [1.165, 1.54) is 18.2 Å². The van der Waals surface area contributed by atoms with Crippen LogP contribution in [0.1, 0.15) is 24.8 Å². The van der Waals surface area contributed by atoms with Gasteiger partial charge in [0.25, 0.3) is 0 Å². The van der Waals surface area contributed by atoms with E-state index in [2.05, 4.69) is 29.2 Å². The highest BCUT2D eigenvalue weighted by atomic mass is 16.2. The predicted molar refractivity (Wildman–Crippen MR) is 116 cm³/mol. The minimum atomic E-state index is -0.0210. The van der Waals surface area contributed by atoms with Crippen molar-refractivity contribution in [1.29, 1.82) is 0 Å². The monoisotopic (exact) mass is 391 g/mol. The first-order valence-electron chi connectivity index (χ1n) is 10.6. The van der Waals surface area contributed by atoms with Crippen molar-refractivity contribution < 1.29 is 9.59 Å². The molecule has 0 atom stereocenters. The van der Waals surface area contributed by atoms with Crippen LogP contribution in [-0.4, -0.2) is 72.3 Å². The average Bonchev–Trinajstić information content (AvgIpc) is 3.20. The predicted octanol–water partition coefficient (Wildman–Crippen LogP) is 3.01. The van der Waals surface area contributed by atoms with Gasteiger partial charge in [0.05, 0.1) is 0 Å². The van der Waals surface area contributed by atoms with Gasteiger partial charge in [0, 0.05) is 45.2 Å².